The third-order valence-electron chi connectivity index (χ3n) is 4.08. The molecule has 1 aromatic carbocycles. The van der Waals surface area contributed by atoms with Crippen molar-refractivity contribution in [3.63, 3.8) is 0 Å². The van der Waals surface area contributed by atoms with Crippen LogP contribution in [0.5, 0.6) is 0 Å². The van der Waals surface area contributed by atoms with Gasteiger partial charge >= 0.3 is 0 Å². The maximum Gasteiger partial charge on any atom is 0.223 e. The molecular formula is C16H22ClNO. The predicted molar refractivity (Wildman–Crippen MR) is 79.5 cm³/mol. The van der Waals surface area contributed by atoms with Crippen molar-refractivity contribution in [1.82, 2.24) is 5.32 Å². The summed E-state index contributed by atoms with van der Waals surface area (Å²) in [6.07, 6.45) is 3.81. The normalized spacial score (nSPS) is 16.1. The summed E-state index contributed by atoms with van der Waals surface area (Å²) in [5, 5.41) is 3.10. The summed E-state index contributed by atoms with van der Waals surface area (Å²) < 4.78 is 0. The van der Waals surface area contributed by atoms with Gasteiger partial charge in [0.1, 0.15) is 0 Å². The molecule has 0 aromatic heterocycles. The highest BCUT2D eigenvalue weighted by molar-refractivity contribution is 6.17. The molecule has 0 spiro atoms. The molecule has 0 radical (unpaired) electrons. The van der Waals surface area contributed by atoms with Crippen LogP contribution in [0.15, 0.2) is 24.3 Å². The first-order valence-corrected chi connectivity index (χ1v) is 7.68. The molecule has 3 heteroatoms. The molecule has 1 aliphatic rings. The summed E-state index contributed by atoms with van der Waals surface area (Å²) in [5.74, 6) is 1.49. The summed E-state index contributed by atoms with van der Waals surface area (Å²) in [4.78, 5) is 12.2. The molecular weight excluding hydrogens is 258 g/mol. The molecule has 1 aromatic rings. The molecule has 1 amide bonds. The van der Waals surface area contributed by atoms with Gasteiger partial charge in [-0.1, -0.05) is 37.6 Å². The number of hydrogen-bond acceptors (Lipinski definition) is 1. The van der Waals surface area contributed by atoms with Crippen molar-refractivity contribution in [2.24, 2.45) is 11.8 Å². The standard InChI is InChI=1S/C16H22ClNO/c1-2-12(7-8-17)11-18-16(19)15-9-13-5-3-4-6-14(13)10-15/h3-6,12,15H,2,7-11H2,1H3,(H,18,19). The molecule has 0 bridgehead atoms. The first-order valence-electron chi connectivity index (χ1n) is 7.15. The van der Waals surface area contributed by atoms with Crippen LogP contribution in [-0.4, -0.2) is 18.3 Å². The van der Waals surface area contributed by atoms with Crippen molar-refractivity contribution in [3.8, 4) is 0 Å². The van der Waals surface area contributed by atoms with E-state index in [0.717, 1.165) is 32.2 Å². The highest BCUT2D eigenvalue weighted by Gasteiger charge is 2.26. The Morgan fingerprint density at radius 2 is 2.00 bits per heavy atom. The molecule has 2 nitrogen and oxygen atoms in total. The third-order valence-corrected chi connectivity index (χ3v) is 4.30. The van der Waals surface area contributed by atoms with Gasteiger partial charge in [0.25, 0.3) is 0 Å². The van der Waals surface area contributed by atoms with E-state index in [4.69, 9.17) is 11.6 Å². The lowest BCUT2D eigenvalue weighted by atomic mass is 10.0. The zero-order valence-electron chi connectivity index (χ0n) is 11.5. The quantitative estimate of drug-likeness (QED) is 0.796. The summed E-state index contributed by atoms with van der Waals surface area (Å²) >= 11 is 5.77. The van der Waals surface area contributed by atoms with E-state index in [0.29, 0.717) is 11.8 Å². The number of nitrogens with one attached hydrogen (secondary N) is 1. The van der Waals surface area contributed by atoms with Crippen molar-refractivity contribution in [1.29, 1.82) is 0 Å². The average molecular weight is 280 g/mol. The highest BCUT2D eigenvalue weighted by atomic mass is 35.5. The fourth-order valence-corrected chi connectivity index (χ4v) is 3.05. The maximum atomic E-state index is 12.2. The van der Waals surface area contributed by atoms with Crippen LogP contribution >= 0.6 is 11.6 Å². The van der Waals surface area contributed by atoms with Crippen LogP contribution in [0, 0.1) is 11.8 Å². The Hall–Kier alpha value is -1.02. The van der Waals surface area contributed by atoms with E-state index in [1.54, 1.807) is 0 Å². The Bertz CT molecular complexity index is 408. The lowest BCUT2D eigenvalue weighted by Crippen LogP contribution is -2.34. The van der Waals surface area contributed by atoms with Gasteiger partial charge in [0.15, 0.2) is 0 Å². The molecule has 0 saturated carbocycles. The van der Waals surface area contributed by atoms with Gasteiger partial charge in [0, 0.05) is 18.3 Å². The van der Waals surface area contributed by atoms with Gasteiger partial charge in [-0.05, 0) is 36.3 Å². The third kappa shape index (κ3) is 3.73. The summed E-state index contributed by atoms with van der Waals surface area (Å²) in [6.45, 7) is 2.91. The molecule has 1 N–H and O–H groups in total. The van der Waals surface area contributed by atoms with E-state index in [-0.39, 0.29) is 11.8 Å². The number of benzene rings is 1. The van der Waals surface area contributed by atoms with E-state index >= 15 is 0 Å². The number of fused-ring (bicyclic) bond motifs is 1. The zero-order chi connectivity index (χ0) is 13.7. The first kappa shape index (κ1) is 14.4. The van der Waals surface area contributed by atoms with Gasteiger partial charge in [0.05, 0.1) is 0 Å². The van der Waals surface area contributed by atoms with Crippen LogP contribution in [0.2, 0.25) is 0 Å². The molecule has 1 unspecified atom stereocenters. The van der Waals surface area contributed by atoms with Gasteiger partial charge in [0.2, 0.25) is 5.91 Å². The number of carbonyl (C=O) groups excluding carboxylic acids is 1. The molecule has 0 heterocycles. The van der Waals surface area contributed by atoms with Crippen molar-refractivity contribution < 1.29 is 4.79 Å². The molecule has 0 aliphatic heterocycles. The number of halogens is 1. The second-order valence-electron chi connectivity index (χ2n) is 5.37. The summed E-state index contributed by atoms with van der Waals surface area (Å²) in [5.41, 5.74) is 2.66. The smallest absolute Gasteiger partial charge is 0.223 e. The fraction of sp³-hybridized carbons (Fsp3) is 0.562. The molecule has 19 heavy (non-hydrogen) atoms. The van der Waals surface area contributed by atoms with Crippen molar-refractivity contribution in [3.05, 3.63) is 35.4 Å². The summed E-state index contributed by atoms with van der Waals surface area (Å²) in [7, 11) is 0. The Labute approximate surface area is 120 Å². The lowest BCUT2D eigenvalue weighted by molar-refractivity contribution is -0.124. The Kier molecular flexibility index (Phi) is 5.26. The van der Waals surface area contributed by atoms with E-state index < -0.39 is 0 Å². The van der Waals surface area contributed by atoms with Crippen LogP contribution in [0.25, 0.3) is 0 Å². The monoisotopic (exact) mass is 279 g/mol. The van der Waals surface area contributed by atoms with E-state index in [2.05, 4.69) is 24.4 Å². The first-order chi connectivity index (χ1) is 9.24. The minimum absolute atomic E-state index is 0.117. The maximum absolute atomic E-state index is 12.2. The van der Waals surface area contributed by atoms with Crippen molar-refractivity contribution >= 4 is 17.5 Å². The second kappa shape index (κ2) is 6.95. The largest absolute Gasteiger partial charge is 0.356 e. The topological polar surface area (TPSA) is 29.1 Å². The number of alkyl halides is 1. The highest BCUT2D eigenvalue weighted by Crippen LogP contribution is 2.26. The van der Waals surface area contributed by atoms with Gasteiger partial charge in [-0.15, -0.1) is 11.6 Å². The van der Waals surface area contributed by atoms with Gasteiger partial charge in [-0.3, -0.25) is 4.79 Å². The minimum atomic E-state index is 0.117. The molecule has 1 atom stereocenters. The molecule has 1 aliphatic carbocycles. The van der Waals surface area contributed by atoms with Crippen LogP contribution in [0.3, 0.4) is 0 Å². The van der Waals surface area contributed by atoms with Crippen LogP contribution < -0.4 is 5.32 Å². The molecule has 0 fully saturated rings. The molecule has 0 saturated heterocycles. The van der Waals surface area contributed by atoms with Crippen molar-refractivity contribution in [2.45, 2.75) is 32.6 Å². The SMILES string of the molecule is CCC(CCCl)CNC(=O)C1Cc2ccccc2C1. The Morgan fingerprint density at radius 3 is 2.53 bits per heavy atom. The average Bonchev–Trinajstić information content (AvgIpc) is 2.87. The second-order valence-corrected chi connectivity index (χ2v) is 5.75. The fourth-order valence-electron chi connectivity index (χ4n) is 2.74. The number of amides is 1. The van der Waals surface area contributed by atoms with E-state index in [9.17, 15) is 4.79 Å². The van der Waals surface area contributed by atoms with Gasteiger partial charge in [-0.2, -0.15) is 0 Å². The van der Waals surface area contributed by atoms with Crippen LogP contribution in [0.1, 0.15) is 30.9 Å². The molecule has 104 valence electrons. The Balaban J connectivity index is 1.83. The van der Waals surface area contributed by atoms with Crippen LogP contribution in [0.4, 0.5) is 0 Å². The minimum Gasteiger partial charge on any atom is -0.356 e. The summed E-state index contributed by atoms with van der Waals surface area (Å²) in [6, 6.07) is 8.36. The number of carbonyl (C=O) groups is 1. The van der Waals surface area contributed by atoms with E-state index in [1.807, 2.05) is 12.1 Å². The van der Waals surface area contributed by atoms with Gasteiger partial charge < -0.3 is 5.32 Å². The lowest BCUT2D eigenvalue weighted by Gasteiger charge is -2.16. The van der Waals surface area contributed by atoms with E-state index in [1.165, 1.54) is 11.1 Å². The van der Waals surface area contributed by atoms with Crippen LogP contribution in [-0.2, 0) is 17.6 Å². The number of hydrogen-bond donors (Lipinski definition) is 1. The zero-order valence-corrected chi connectivity index (χ0v) is 12.2. The van der Waals surface area contributed by atoms with Crippen molar-refractivity contribution in [2.75, 3.05) is 12.4 Å². The number of rotatable bonds is 6. The van der Waals surface area contributed by atoms with Gasteiger partial charge in [-0.25, -0.2) is 0 Å². The predicted octanol–water partition coefficient (Wildman–Crippen LogP) is 3.17. The Morgan fingerprint density at radius 1 is 1.37 bits per heavy atom. The molecule has 2 rings (SSSR count).